The lowest BCUT2D eigenvalue weighted by Crippen LogP contribution is -1.97. The monoisotopic (exact) mass is 753 g/mol. The number of para-hydroxylation sites is 4. The fourth-order valence-electron chi connectivity index (χ4n) is 8.76. The molecular formula is C56H39N3. The first-order chi connectivity index (χ1) is 29.2. The van der Waals surface area contributed by atoms with E-state index in [0.29, 0.717) is 0 Å². The minimum atomic E-state index is 0.931. The summed E-state index contributed by atoms with van der Waals surface area (Å²) in [6.07, 6.45) is 0. The number of fused-ring (bicyclic) bond motifs is 4. The SMILES string of the molecule is Cc1ccc(-n2c3ccccc3c3cc(-c4ccc(-c5ccccc5-c5ccccc5-c5ccc(-c6nc7ccccc7n6-c6ccccc6)cc5)cc4)ccc32)cc1. The van der Waals surface area contributed by atoms with Gasteiger partial charge in [0, 0.05) is 27.7 Å². The standard InChI is InChI=1S/C56H39N3/c1-38-23-34-45(35-24-38)58-53-21-11-9-19-50(53)51-37-43(33-36-54(51)58)39-25-27-40(28-26-39)46-15-5-7-17-48(46)49-18-8-6-16-47(49)41-29-31-42(32-30-41)56-57-52-20-10-12-22-55(52)59(56)44-13-3-2-4-14-44/h2-37H,1H3. The lowest BCUT2D eigenvalue weighted by Gasteiger charge is -2.16. The van der Waals surface area contributed by atoms with Crippen LogP contribution in [-0.4, -0.2) is 14.1 Å². The van der Waals surface area contributed by atoms with Crippen molar-refractivity contribution in [3.05, 3.63) is 224 Å². The van der Waals surface area contributed by atoms with E-state index in [1.165, 1.54) is 72.0 Å². The van der Waals surface area contributed by atoms with Crippen LogP contribution in [0.3, 0.4) is 0 Å². The predicted octanol–water partition coefficient (Wildman–Crippen LogP) is 14.8. The van der Waals surface area contributed by atoms with E-state index in [0.717, 1.165) is 33.7 Å². The highest BCUT2D eigenvalue weighted by molar-refractivity contribution is 6.10. The Hall–Kier alpha value is -7.75. The van der Waals surface area contributed by atoms with Gasteiger partial charge in [-0.2, -0.15) is 0 Å². The first-order valence-electron chi connectivity index (χ1n) is 20.2. The lowest BCUT2D eigenvalue weighted by atomic mass is 9.89. The Kier molecular flexibility index (Phi) is 8.37. The van der Waals surface area contributed by atoms with Gasteiger partial charge in [0.1, 0.15) is 5.82 Å². The van der Waals surface area contributed by atoms with Crippen LogP contribution in [-0.2, 0) is 0 Å². The van der Waals surface area contributed by atoms with Crippen molar-refractivity contribution in [2.24, 2.45) is 0 Å². The first kappa shape index (κ1) is 34.5. The van der Waals surface area contributed by atoms with Crippen molar-refractivity contribution in [3.63, 3.8) is 0 Å². The van der Waals surface area contributed by atoms with E-state index in [4.69, 9.17) is 4.98 Å². The van der Waals surface area contributed by atoms with E-state index in [2.05, 4.69) is 228 Å². The van der Waals surface area contributed by atoms with Gasteiger partial charge < -0.3 is 4.57 Å². The van der Waals surface area contributed by atoms with Crippen molar-refractivity contribution in [3.8, 4) is 67.3 Å². The summed E-state index contributed by atoms with van der Waals surface area (Å²) in [6, 6.07) is 78.7. The summed E-state index contributed by atoms with van der Waals surface area (Å²) in [4.78, 5) is 5.10. The summed E-state index contributed by atoms with van der Waals surface area (Å²) < 4.78 is 4.63. The second kappa shape index (κ2) is 14.3. The van der Waals surface area contributed by atoms with Crippen molar-refractivity contribution < 1.29 is 0 Å². The molecule has 0 aliphatic rings. The van der Waals surface area contributed by atoms with Crippen molar-refractivity contribution >= 4 is 32.8 Å². The second-order valence-electron chi connectivity index (χ2n) is 15.3. The normalized spacial score (nSPS) is 11.5. The zero-order valence-corrected chi connectivity index (χ0v) is 32.6. The molecule has 0 unspecified atom stereocenters. The maximum Gasteiger partial charge on any atom is 0.145 e. The molecule has 0 bridgehead atoms. The van der Waals surface area contributed by atoms with Crippen molar-refractivity contribution in [1.82, 2.24) is 14.1 Å². The Morgan fingerprint density at radius 3 is 1.49 bits per heavy atom. The van der Waals surface area contributed by atoms with E-state index >= 15 is 0 Å². The van der Waals surface area contributed by atoms with E-state index in [1.54, 1.807) is 0 Å². The Labute approximate surface area is 343 Å². The summed E-state index contributed by atoms with van der Waals surface area (Å²) in [5.74, 6) is 0.931. The van der Waals surface area contributed by atoms with Crippen molar-refractivity contribution in [2.45, 2.75) is 6.92 Å². The van der Waals surface area contributed by atoms with Gasteiger partial charge in [-0.15, -0.1) is 0 Å². The molecule has 2 aromatic heterocycles. The number of rotatable bonds is 7. The fraction of sp³-hybridized carbons (Fsp3) is 0.0179. The summed E-state index contributed by atoms with van der Waals surface area (Å²) in [7, 11) is 0. The minimum absolute atomic E-state index is 0.931. The average molecular weight is 754 g/mol. The van der Waals surface area contributed by atoms with Gasteiger partial charge in [0.15, 0.2) is 0 Å². The lowest BCUT2D eigenvalue weighted by molar-refractivity contribution is 1.10. The molecule has 11 aromatic rings. The molecule has 0 radical (unpaired) electrons. The molecule has 0 N–H and O–H groups in total. The molecule has 278 valence electrons. The van der Waals surface area contributed by atoms with E-state index in [1.807, 2.05) is 6.07 Å². The molecule has 2 heterocycles. The molecule has 0 amide bonds. The molecule has 0 saturated carbocycles. The van der Waals surface area contributed by atoms with Gasteiger partial charge in [-0.05, 0) is 106 Å². The van der Waals surface area contributed by atoms with Gasteiger partial charge in [-0.1, -0.05) is 169 Å². The van der Waals surface area contributed by atoms with Crippen LogP contribution in [0.15, 0.2) is 218 Å². The highest BCUT2D eigenvalue weighted by atomic mass is 15.1. The Balaban J connectivity index is 0.934. The molecule has 3 heteroatoms. The van der Waals surface area contributed by atoms with Crippen LogP contribution in [0.5, 0.6) is 0 Å². The smallest absolute Gasteiger partial charge is 0.145 e. The van der Waals surface area contributed by atoms with Gasteiger partial charge in [0.25, 0.3) is 0 Å². The van der Waals surface area contributed by atoms with E-state index in [-0.39, 0.29) is 0 Å². The molecule has 0 fully saturated rings. The van der Waals surface area contributed by atoms with E-state index in [9.17, 15) is 0 Å². The number of aromatic nitrogens is 3. The molecule has 11 rings (SSSR count). The Morgan fingerprint density at radius 2 is 0.814 bits per heavy atom. The van der Waals surface area contributed by atoms with Crippen molar-refractivity contribution in [1.29, 1.82) is 0 Å². The summed E-state index contributed by atoms with van der Waals surface area (Å²) >= 11 is 0. The van der Waals surface area contributed by atoms with Gasteiger partial charge >= 0.3 is 0 Å². The number of imidazole rings is 1. The number of hydrogen-bond acceptors (Lipinski definition) is 1. The molecule has 59 heavy (non-hydrogen) atoms. The Morgan fingerprint density at radius 1 is 0.322 bits per heavy atom. The van der Waals surface area contributed by atoms with Crippen LogP contribution < -0.4 is 0 Å². The molecule has 0 saturated heterocycles. The largest absolute Gasteiger partial charge is 0.309 e. The Bertz CT molecular complexity index is 3300. The third kappa shape index (κ3) is 6.03. The number of aryl methyl sites for hydroxylation is 1. The van der Waals surface area contributed by atoms with Crippen LogP contribution in [0.25, 0.3) is 100 Å². The highest BCUT2D eigenvalue weighted by Crippen LogP contribution is 2.40. The highest BCUT2D eigenvalue weighted by Gasteiger charge is 2.17. The van der Waals surface area contributed by atoms with E-state index < -0.39 is 0 Å². The van der Waals surface area contributed by atoms with Crippen LogP contribution in [0.4, 0.5) is 0 Å². The third-order valence-corrected chi connectivity index (χ3v) is 11.7. The third-order valence-electron chi connectivity index (χ3n) is 11.7. The average Bonchev–Trinajstić information content (AvgIpc) is 3.86. The van der Waals surface area contributed by atoms with Crippen molar-refractivity contribution in [2.75, 3.05) is 0 Å². The van der Waals surface area contributed by atoms with Crippen LogP contribution >= 0.6 is 0 Å². The van der Waals surface area contributed by atoms with Gasteiger partial charge in [0.2, 0.25) is 0 Å². The summed E-state index contributed by atoms with van der Waals surface area (Å²) in [6.45, 7) is 2.14. The van der Waals surface area contributed by atoms with Crippen LogP contribution in [0.1, 0.15) is 5.56 Å². The molecule has 9 aromatic carbocycles. The van der Waals surface area contributed by atoms with Crippen LogP contribution in [0, 0.1) is 6.92 Å². The van der Waals surface area contributed by atoms with Crippen LogP contribution in [0.2, 0.25) is 0 Å². The number of nitrogens with zero attached hydrogens (tertiary/aromatic N) is 3. The predicted molar refractivity (Wildman–Crippen MR) is 247 cm³/mol. The topological polar surface area (TPSA) is 22.8 Å². The maximum atomic E-state index is 5.10. The molecule has 0 aliphatic heterocycles. The second-order valence-corrected chi connectivity index (χ2v) is 15.3. The molecule has 0 aliphatic carbocycles. The molecule has 0 spiro atoms. The van der Waals surface area contributed by atoms with Gasteiger partial charge in [-0.3, -0.25) is 4.57 Å². The minimum Gasteiger partial charge on any atom is -0.309 e. The van der Waals surface area contributed by atoms with Gasteiger partial charge in [-0.25, -0.2) is 4.98 Å². The quantitative estimate of drug-likeness (QED) is 0.159. The number of benzene rings is 9. The molecular weight excluding hydrogens is 715 g/mol. The maximum absolute atomic E-state index is 5.10. The molecule has 3 nitrogen and oxygen atoms in total. The zero-order valence-electron chi connectivity index (χ0n) is 32.6. The number of hydrogen-bond donors (Lipinski definition) is 0. The first-order valence-corrected chi connectivity index (χ1v) is 20.2. The fourth-order valence-corrected chi connectivity index (χ4v) is 8.76. The zero-order chi connectivity index (χ0) is 39.3. The summed E-state index contributed by atoms with van der Waals surface area (Å²) in [5, 5.41) is 2.52. The molecule has 0 atom stereocenters. The van der Waals surface area contributed by atoms with Gasteiger partial charge in [0.05, 0.1) is 22.1 Å². The summed E-state index contributed by atoms with van der Waals surface area (Å²) in [5.41, 5.74) is 18.7.